The molecule has 0 saturated carbocycles. The lowest BCUT2D eigenvalue weighted by Crippen LogP contribution is -2.17. The maximum atomic E-state index is 12.3. The Morgan fingerprint density at radius 2 is 1.92 bits per heavy atom. The lowest BCUT2D eigenvalue weighted by Gasteiger charge is -2.22. The minimum absolute atomic E-state index is 0.0852. The van der Waals surface area contributed by atoms with Crippen LogP contribution in [0.15, 0.2) is 57.4 Å². The van der Waals surface area contributed by atoms with Gasteiger partial charge in [0.05, 0.1) is 5.71 Å². The van der Waals surface area contributed by atoms with Crippen molar-refractivity contribution < 1.29 is 12.7 Å². The molecule has 1 heterocycles. The second kappa shape index (κ2) is 6.78. The van der Waals surface area contributed by atoms with E-state index in [1.165, 1.54) is 12.1 Å². The van der Waals surface area contributed by atoms with E-state index in [9.17, 15) is 8.42 Å². The molecule has 0 fully saturated rings. The zero-order chi connectivity index (χ0) is 17.3. The number of benzene rings is 2. The van der Waals surface area contributed by atoms with E-state index in [1.807, 2.05) is 19.1 Å². The van der Waals surface area contributed by atoms with Gasteiger partial charge < -0.3 is 0 Å². The third kappa shape index (κ3) is 3.77. The first-order valence-electron chi connectivity index (χ1n) is 7.39. The molecule has 4 nitrogen and oxygen atoms in total. The Morgan fingerprint density at radius 3 is 2.62 bits per heavy atom. The predicted molar refractivity (Wildman–Crippen MR) is 97.4 cm³/mol. The van der Waals surface area contributed by atoms with Gasteiger partial charge in [-0.3, -0.25) is 4.28 Å². The van der Waals surface area contributed by atoms with Crippen molar-refractivity contribution >= 4 is 39.2 Å². The third-order valence-corrected chi connectivity index (χ3v) is 6.15. The van der Waals surface area contributed by atoms with E-state index in [-0.39, 0.29) is 10.1 Å². The lowest BCUT2D eigenvalue weighted by molar-refractivity contribution is 0.337. The van der Waals surface area contributed by atoms with Crippen LogP contribution in [0.4, 0.5) is 0 Å². The van der Waals surface area contributed by atoms with Gasteiger partial charge in [-0.25, -0.2) is 0 Å². The van der Waals surface area contributed by atoms with Crippen molar-refractivity contribution in [3.05, 3.63) is 58.6 Å². The smallest absolute Gasteiger partial charge is 0.264 e. The van der Waals surface area contributed by atoms with Gasteiger partial charge >= 0.3 is 10.1 Å². The fourth-order valence-electron chi connectivity index (χ4n) is 2.40. The van der Waals surface area contributed by atoms with Crippen LogP contribution in [0.1, 0.15) is 24.5 Å². The van der Waals surface area contributed by atoms with Crippen molar-refractivity contribution in [2.45, 2.75) is 35.3 Å². The fraction of sp³-hybridized carbons (Fsp3) is 0.235. The third-order valence-electron chi connectivity index (χ3n) is 3.62. The topological polar surface area (TPSA) is 55.7 Å². The van der Waals surface area contributed by atoms with Gasteiger partial charge in [0.15, 0.2) is 0 Å². The molecule has 0 amide bonds. The first-order chi connectivity index (χ1) is 11.3. The summed E-state index contributed by atoms with van der Waals surface area (Å²) in [5.74, 6) is 0. The van der Waals surface area contributed by atoms with Gasteiger partial charge in [0.1, 0.15) is 4.90 Å². The summed E-state index contributed by atoms with van der Waals surface area (Å²) < 4.78 is 29.5. The molecule has 0 spiro atoms. The SMILES string of the molecule is Cc1ccc(S(=O)(=O)O/N=C2\CC(C)Sc3ccc(Cl)cc32)cc1. The van der Waals surface area contributed by atoms with E-state index in [4.69, 9.17) is 15.9 Å². The standard InChI is InChI=1S/C17H16ClNO3S2/c1-11-3-6-14(7-4-11)24(20,21)22-19-16-9-12(2)23-17-8-5-13(18)10-15(16)17/h3-8,10,12H,9H2,1-2H3/b19-16+. The molecule has 0 aromatic heterocycles. The summed E-state index contributed by atoms with van der Waals surface area (Å²) in [6.07, 6.45) is 0.613. The maximum absolute atomic E-state index is 12.3. The molecule has 0 aliphatic carbocycles. The second-order valence-electron chi connectivity index (χ2n) is 5.65. The zero-order valence-electron chi connectivity index (χ0n) is 13.2. The molecule has 0 N–H and O–H groups in total. The van der Waals surface area contributed by atoms with Crippen molar-refractivity contribution in [2.75, 3.05) is 0 Å². The molecule has 2 aromatic carbocycles. The molecule has 1 aliphatic rings. The molecule has 2 aromatic rings. The number of aryl methyl sites for hydroxylation is 1. The quantitative estimate of drug-likeness (QED) is 0.726. The van der Waals surface area contributed by atoms with E-state index in [0.717, 1.165) is 16.0 Å². The summed E-state index contributed by atoms with van der Waals surface area (Å²) in [6, 6.07) is 12.0. The van der Waals surface area contributed by atoms with E-state index < -0.39 is 10.1 Å². The van der Waals surface area contributed by atoms with Gasteiger partial charge in [-0.2, -0.15) is 8.42 Å². The Morgan fingerprint density at radius 1 is 1.21 bits per heavy atom. The monoisotopic (exact) mass is 381 g/mol. The Balaban J connectivity index is 1.92. The number of rotatable bonds is 3. The minimum Gasteiger partial charge on any atom is -0.264 e. The molecule has 1 aliphatic heterocycles. The predicted octanol–water partition coefficient (Wildman–Crippen LogP) is 4.64. The summed E-state index contributed by atoms with van der Waals surface area (Å²) >= 11 is 7.77. The van der Waals surface area contributed by atoms with Crippen LogP contribution in [-0.2, 0) is 14.4 Å². The van der Waals surface area contributed by atoms with Crippen molar-refractivity contribution in [3.8, 4) is 0 Å². The van der Waals surface area contributed by atoms with Gasteiger partial charge in [0.2, 0.25) is 0 Å². The highest BCUT2D eigenvalue weighted by molar-refractivity contribution is 8.00. The Kier molecular flexibility index (Phi) is 4.90. The zero-order valence-corrected chi connectivity index (χ0v) is 15.6. The van der Waals surface area contributed by atoms with Gasteiger partial charge in [-0.1, -0.05) is 41.4 Å². The van der Waals surface area contributed by atoms with E-state index in [0.29, 0.717) is 17.2 Å². The minimum atomic E-state index is -3.93. The van der Waals surface area contributed by atoms with Crippen LogP contribution >= 0.6 is 23.4 Å². The first-order valence-corrected chi connectivity index (χ1v) is 10.1. The van der Waals surface area contributed by atoms with Gasteiger partial charge in [-0.05, 0) is 37.3 Å². The average molecular weight is 382 g/mol. The molecular weight excluding hydrogens is 366 g/mol. The molecule has 1 atom stereocenters. The van der Waals surface area contributed by atoms with Gasteiger partial charge in [0, 0.05) is 27.2 Å². The summed E-state index contributed by atoms with van der Waals surface area (Å²) in [6.45, 7) is 3.95. The second-order valence-corrected chi connectivity index (χ2v) is 9.10. The van der Waals surface area contributed by atoms with Gasteiger partial charge in [-0.15, -0.1) is 11.8 Å². The van der Waals surface area contributed by atoms with Crippen LogP contribution in [0.3, 0.4) is 0 Å². The van der Waals surface area contributed by atoms with E-state index in [1.54, 1.807) is 30.0 Å². The normalized spacial score (nSPS) is 19.1. The molecule has 0 bridgehead atoms. The number of hydrogen-bond donors (Lipinski definition) is 0. The number of halogens is 1. The number of oxime groups is 1. The molecular formula is C17H16ClNO3S2. The molecule has 3 rings (SSSR count). The van der Waals surface area contributed by atoms with Crippen LogP contribution in [0.5, 0.6) is 0 Å². The van der Waals surface area contributed by atoms with Crippen LogP contribution in [0, 0.1) is 6.92 Å². The highest BCUT2D eigenvalue weighted by Crippen LogP contribution is 2.36. The number of hydrogen-bond acceptors (Lipinski definition) is 5. The van der Waals surface area contributed by atoms with Crippen LogP contribution in [-0.4, -0.2) is 19.4 Å². The summed E-state index contributed by atoms with van der Waals surface area (Å²) in [7, 11) is -3.93. The molecule has 0 saturated heterocycles. The largest absolute Gasteiger partial charge is 0.358 e. The molecule has 0 radical (unpaired) electrons. The van der Waals surface area contributed by atoms with Crippen LogP contribution in [0.25, 0.3) is 0 Å². The Hall–Kier alpha value is -1.50. The van der Waals surface area contributed by atoms with E-state index >= 15 is 0 Å². The van der Waals surface area contributed by atoms with Crippen LogP contribution < -0.4 is 0 Å². The molecule has 7 heteroatoms. The first kappa shape index (κ1) is 17.3. The number of fused-ring (bicyclic) bond motifs is 1. The maximum Gasteiger partial charge on any atom is 0.358 e. The molecule has 126 valence electrons. The Bertz CT molecular complexity index is 893. The lowest BCUT2D eigenvalue weighted by atomic mass is 10.1. The number of nitrogens with zero attached hydrogens (tertiary/aromatic N) is 1. The fourth-order valence-corrected chi connectivity index (χ4v) is 4.44. The van der Waals surface area contributed by atoms with Crippen LogP contribution in [0.2, 0.25) is 5.02 Å². The van der Waals surface area contributed by atoms with Crippen molar-refractivity contribution in [1.29, 1.82) is 0 Å². The highest BCUT2D eigenvalue weighted by Gasteiger charge is 2.24. The van der Waals surface area contributed by atoms with Crippen molar-refractivity contribution in [1.82, 2.24) is 0 Å². The van der Waals surface area contributed by atoms with Gasteiger partial charge in [0.25, 0.3) is 0 Å². The molecule has 1 unspecified atom stereocenters. The average Bonchev–Trinajstić information content (AvgIpc) is 2.53. The summed E-state index contributed by atoms with van der Waals surface area (Å²) in [5, 5.41) is 4.81. The van der Waals surface area contributed by atoms with Crippen molar-refractivity contribution in [3.63, 3.8) is 0 Å². The van der Waals surface area contributed by atoms with Crippen molar-refractivity contribution in [2.24, 2.45) is 5.16 Å². The Labute approximate surface area is 151 Å². The number of thioether (sulfide) groups is 1. The highest BCUT2D eigenvalue weighted by atomic mass is 35.5. The van der Waals surface area contributed by atoms with E-state index in [2.05, 4.69) is 12.1 Å². The summed E-state index contributed by atoms with van der Waals surface area (Å²) in [4.78, 5) is 1.11. The molecule has 24 heavy (non-hydrogen) atoms. The summed E-state index contributed by atoms with van der Waals surface area (Å²) in [5.41, 5.74) is 2.39.